The van der Waals surface area contributed by atoms with Gasteiger partial charge < -0.3 is 10.6 Å². The van der Waals surface area contributed by atoms with Crippen LogP contribution in [0.2, 0.25) is 5.02 Å². The molecule has 0 aromatic heterocycles. The lowest BCUT2D eigenvalue weighted by molar-refractivity contribution is -0.122. The van der Waals surface area contributed by atoms with Crippen LogP contribution in [0.4, 0.5) is 0 Å². The van der Waals surface area contributed by atoms with Crippen LogP contribution < -0.4 is 10.6 Å². The Balaban J connectivity index is 1.87. The van der Waals surface area contributed by atoms with Gasteiger partial charge in [-0.05, 0) is 31.0 Å². The van der Waals surface area contributed by atoms with Gasteiger partial charge in [0.15, 0.2) is 0 Å². The molecule has 16 heavy (non-hydrogen) atoms. The van der Waals surface area contributed by atoms with Crippen LogP contribution in [-0.4, -0.2) is 18.5 Å². The van der Waals surface area contributed by atoms with E-state index in [0.29, 0.717) is 11.6 Å². The van der Waals surface area contributed by atoms with Gasteiger partial charge in [0, 0.05) is 11.6 Å². The lowest BCUT2D eigenvalue weighted by atomic mass is 10.2. The van der Waals surface area contributed by atoms with E-state index in [2.05, 4.69) is 10.6 Å². The largest absolute Gasteiger partial charge is 0.351 e. The minimum absolute atomic E-state index is 0.0255. The van der Waals surface area contributed by atoms with Crippen LogP contribution in [0.25, 0.3) is 0 Å². The Morgan fingerprint density at radius 2 is 2.31 bits per heavy atom. The topological polar surface area (TPSA) is 41.1 Å². The molecule has 0 aliphatic carbocycles. The first-order valence-electron chi connectivity index (χ1n) is 5.52. The van der Waals surface area contributed by atoms with Crippen molar-refractivity contribution in [3.05, 3.63) is 34.9 Å². The normalized spacial score (nSPS) is 19.7. The predicted molar refractivity (Wildman–Crippen MR) is 64.3 cm³/mol. The fourth-order valence-corrected chi connectivity index (χ4v) is 2.06. The highest BCUT2D eigenvalue weighted by Gasteiger charge is 2.21. The van der Waals surface area contributed by atoms with E-state index >= 15 is 0 Å². The summed E-state index contributed by atoms with van der Waals surface area (Å²) >= 11 is 6.00. The Hall–Kier alpha value is -1.06. The van der Waals surface area contributed by atoms with Gasteiger partial charge in [-0.2, -0.15) is 0 Å². The van der Waals surface area contributed by atoms with E-state index < -0.39 is 0 Å². The quantitative estimate of drug-likeness (QED) is 0.842. The Morgan fingerprint density at radius 1 is 1.50 bits per heavy atom. The first-order valence-corrected chi connectivity index (χ1v) is 5.89. The molecule has 1 fully saturated rings. The van der Waals surface area contributed by atoms with Gasteiger partial charge in [0.25, 0.3) is 0 Å². The maximum Gasteiger partial charge on any atom is 0.237 e. The van der Waals surface area contributed by atoms with E-state index in [0.717, 1.165) is 24.9 Å². The number of hydrogen-bond acceptors (Lipinski definition) is 2. The van der Waals surface area contributed by atoms with Gasteiger partial charge in [0.2, 0.25) is 5.91 Å². The highest BCUT2D eigenvalue weighted by atomic mass is 35.5. The summed E-state index contributed by atoms with van der Waals surface area (Å²) in [6, 6.07) is 7.53. The second kappa shape index (κ2) is 5.32. The van der Waals surface area contributed by atoms with Crippen LogP contribution in [0.1, 0.15) is 18.4 Å². The zero-order chi connectivity index (χ0) is 11.4. The molecular formula is C12H15ClN2O. The molecule has 1 aromatic rings. The van der Waals surface area contributed by atoms with Gasteiger partial charge in [0.05, 0.1) is 6.04 Å². The number of rotatable bonds is 3. The molecule has 86 valence electrons. The monoisotopic (exact) mass is 238 g/mol. The van der Waals surface area contributed by atoms with E-state index in [4.69, 9.17) is 11.6 Å². The van der Waals surface area contributed by atoms with E-state index in [1.54, 1.807) is 0 Å². The summed E-state index contributed by atoms with van der Waals surface area (Å²) in [7, 11) is 0. The zero-order valence-electron chi connectivity index (χ0n) is 9.00. The average molecular weight is 239 g/mol. The number of benzene rings is 1. The SMILES string of the molecule is O=C(NCc1ccccc1Cl)C1CCCN1. The molecule has 0 saturated carbocycles. The van der Waals surface area contributed by atoms with Crippen molar-refractivity contribution >= 4 is 17.5 Å². The lowest BCUT2D eigenvalue weighted by Crippen LogP contribution is -2.40. The third-order valence-electron chi connectivity index (χ3n) is 2.79. The minimum atomic E-state index is -0.0255. The molecular weight excluding hydrogens is 224 g/mol. The molecule has 1 aliphatic rings. The molecule has 1 saturated heterocycles. The summed E-state index contributed by atoms with van der Waals surface area (Å²) in [5, 5.41) is 6.75. The second-order valence-corrected chi connectivity index (χ2v) is 4.37. The van der Waals surface area contributed by atoms with Crippen molar-refractivity contribution in [2.75, 3.05) is 6.54 Å². The number of halogens is 1. The van der Waals surface area contributed by atoms with Gasteiger partial charge in [0.1, 0.15) is 0 Å². The third kappa shape index (κ3) is 2.74. The molecule has 0 bridgehead atoms. The van der Waals surface area contributed by atoms with Gasteiger partial charge >= 0.3 is 0 Å². The minimum Gasteiger partial charge on any atom is -0.351 e. The summed E-state index contributed by atoms with van der Waals surface area (Å²) in [5.74, 6) is 0.0671. The lowest BCUT2D eigenvalue weighted by Gasteiger charge is -2.11. The second-order valence-electron chi connectivity index (χ2n) is 3.96. The smallest absolute Gasteiger partial charge is 0.237 e. The van der Waals surface area contributed by atoms with Crippen molar-refractivity contribution in [1.29, 1.82) is 0 Å². The number of carbonyl (C=O) groups excluding carboxylic acids is 1. The molecule has 1 unspecified atom stereocenters. The Morgan fingerprint density at radius 3 is 3.00 bits per heavy atom. The van der Waals surface area contributed by atoms with Gasteiger partial charge in [-0.1, -0.05) is 29.8 Å². The van der Waals surface area contributed by atoms with Crippen LogP contribution in [0.3, 0.4) is 0 Å². The van der Waals surface area contributed by atoms with Gasteiger partial charge in [-0.3, -0.25) is 4.79 Å². The van der Waals surface area contributed by atoms with E-state index in [-0.39, 0.29) is 11.9 Å². The van der Waals surface area contributed by atoms with Crippen molar-refractivity contribution in [3.63, 3.8) is 0 Å². The van der Waals surface area contributed by atoms with E-state index in [1.165, 1.54) is 0 Å². The molecule has 1 amide bonds. The molecule has 3 nitrogen and oxygen atoms in total. The number of hydrogen-bond donors (Lipinski definition) is 2. The van der Waals surface area contributed by atoms with E-state index in [9.17, 15) is 4.79 Å². The fourth-order valence-electron chi connectivity index (χ4n) is 1.86. The summed E-state index contributed by atoms with van der Waals surface area (Å²) in [6.45, 7) is 1.43. The molecule has 0 spiro atoms. The van der Waals surface area contributed by atoms with Crippen molar-refractivity contribution in [2.45, 2.75) is 25.4 Å². The molecule has 0 radical (unpaired) electrons. The predicted octanol–water partition coefficient (Wildman–Crippen LogP) is 1.71. The molecule has 1 heterocycles. The molecule has 4 heteroatoms. The van der Waals surface area contributed by atoms with Crippen molar-refractivity contribution < 1.29 is 4.79 Å². The van der Waals surface area contributed by atoms with Crippen LogP contribution in [0, 0.1) is 0 Å². The van der Waals surface area contributed by atoms with E-state index in [1.807, 2.05) is 24.3 Å². The molecule has 2 rings (SSSR count). The summed E-state index contributed by atoms with van der Waals surface area (Å²) in [5.41, 5.74) is 0.954. The summed E-state index contributed by atoms with van der Waals surface area (Å²) < 4.78 is 0. The standard InChI is InChI=1S/C12H15ClN2O/c13-10-5-2-1-4-9(10)8-15-12(16)11-6-3-7-14-11/h1-2,4-5,11,14H,3,6-8H2,(H,15,16). The Kier molecular flexibility index (Phi) is 3.80. The number of carbonyl (C=O) groups is 1. The number of amides is 1. The average Bonchev–Trinajstić information content (AvgIpc) is 2.81. The highest BCUT2D eigenvalue weighted by Crippen LogP contribution is 2.14. The maximum absolute atomic E-state index is 11.7. The molecule has 1 atom stereocenters. The Bertz CT molecular complexity index is 375. The first kappa shape index (κ1) is 11.4. The number of nitrogens with one attached hydrogen (secondary N) is 2. The third-order valence-corrected chi connectivity index (χ3v) is 3.16. The van der Waals surface area contributed by atoms with Gasteiger partial charge in [-0.15, -0.1) is 0 Å². The van der Waals surface area contributed by atoms with Gasteiger partial charge in [-0.25, -0.2) is 0 Å². The molecule has 2 N–H and O–H groups in total. The van der Waals surface area contributed by atoms with Crippen LogP contribution >= 0.6 is 11.6 Å². The summed E-state index contributed by atoms with van der Waals surface area (Å²) in [6.07, 6.45) is 2.00. The van der Waals surface area contributed by atoms with Crippen molar-refractivity contribution in [3.8, 4) is 0 Å². The zero-order valence-corrected chi connectivity index (χ0v) is 9.76. The molecule has 1 aromatic carbocycles. The van der Waals surface area contributed by atoms with Crippen LogP contribution in [0.15, 0.2) is 24.3 Å². The molecule has 1 aliphatic heterocycles. The first-order chi connectivity index (χ1) is 7.77. The Labute approximate surface area is 100 Å². The summed E-state index contributed by atoms with van der Waals surface area (Å²) in [4.78, 5) is 11.7. The van der Waals surface area contributed by atoms with Crippen molar-refractivity contribution in [1.82, 2.24) is 10.6 Å². The van der Waals surface area contributed by atoms with Crippen molar-refractivity contribution in [2.24, 2.45) is 0 Å². The maximum atomic E-state index is 11.7. The van der Waals surface area contributed by atoms with Crippen LogP contribution in [-0.2, 0) is 11.3 Å². The fraction of sp³-hybridized carbons (Fsp3) is 0.417. The highest BCUT2D eigenvalue weighted by molar-refractivity contribution is 6.31. The van der Waals surface area contributed by atoms with Crippen LogP contribution in [0.5, 0.6) is 0 Å².